The molecule has 3 aromatic carbocycles. The zero-order chi connectivity index (χ0) is 21.3. The first kappa shape index (κ1) is 20.2. The molecule has 0 unspecified atom stereocenters. The van der Waals surface area contributed by atoms with Crippen LogP contribution in [0.3, 0.4) is 0 Å². The Balaban J connectivity index is 1.68. The number of para-hydroxylation sites is 2. The van der Waals surface area contributed by atoms with Crippen molar-refractivity contribution in [1.82, 2.24) is 0 Å². The summed E-state index contributed by atoms with van der Waals surface area (Å²) in [6.45, 7) is 2.49. The number of aryl methyl sites for hydroxylation is 2. The van der Waals surface area contributed by atoms with E-state index in [0.717, 1.165) is 29.7 Å². The summed E-state index contributed by atoms with van der Waals surface area (Å²) in [5.74, 6) is -0.183. The van der Waals surface area contributed by atoms with Crippen molar-refractivity contribution >= 4 is 27.3 Å². The van der Waals surface area contributed by atoms with Crippen LogP contribution >= 0.6 is 0 Å². The monoisotopic (exact) mass is 420 g/mol. The fraction of sp³-hybridized carbons (Fsp3) is 0.208. The maximum atomic E-state index is 13.3. The first-order chi connectivity index (χ1) is 14.4. The van der Waals surface area contributed by atoms with E-state index in [1.807, 2.05) is 49.4 Å². The molecule has 5 nitrogen and oxygen atoms in total. The number of nitrogens with zero attached hydrogens (tertiary/aromatic N) is 2. The van der Waals surface area contributed by atoms with Crippen LogP contribution in [0.25, 0.3) is 0 Å². The predicted molar refractivity (Wildman–Crippen MR) is 120 cm³/mol. The molecular weight excluding hydrogens is 396 g/mol. The zero-order valence-electron chi connectivity index (χ0n) is 17.1. The van der Waals surface area contributed by atoms with Crippen molar-refractivity contribution in [3.05, 3.63) is 89.5 Å². The maximum Gasteiger partial charge on any atom is 0.264 e. The van der Waals surface area contributed by atoms with Crippen molar-refractivity contribution in [2.75, 3.05) is 22.8 Å². The molecule has 1 aliphatic heterocycles. The van der Waals surface area contributed by atoms with Gasteiger partial charge in [0.05, 0.1) is 10.6 Å². The third kappa shape index (κ3) is 3.59. The lowest BCUT2D eigenvalue weighted by Crippen LogP contribution is -2.35. The molecular formula is C24H24N2O3S. The molecule has 0 aromatic heterocycles. The highest BCUT2D eigenvalue weighted by Gasteiger charge is 2.26. The van der Waals surface area contributed by atoms with Gasteiger partial charge in [-0.05, 0) is 61.2 Å². The predicted octanol–water partition coefficient (Wildman–Crippen LogP) is 4.41. The quantitative estimate of drug-likeness (QED) is 0.628. The third-order valence-electron chi connectivity index (χ3n) is 5.55. The Morgan fingerprint density at radius 3 is 2.50 bits per heavy atom. The second-order valence-electron chi connectivity index (χ2n) is 7.48. The Hall–Kier alpha value is -3.12. The van der Waals surface area contributed by atoms with E-state index in [4.69, 9.17) is 0 Å². The second-order valence-corrected chi connectivity index (χ2v) is 9.45. The molecule has 1 aliphatic rings. The molecule has 1 heterocycles. The average molecular weight is 421 g/mol. The highest BCUT2D eigenvalue weighted by atomic mass is 32.2. The highest BCUT2D eigenvalue weighted by molar-refractivity contribution is 7.92. The normalized spacial score (nSPS) is 13.6. The van der Waals surface area contributed by atoms with Crippen LogP contribution in [0, 0.1) is 6.92 Å². The molecule has 0 atom stereocenters. The third-order valence-corrected chi connectivity index (χ3v) is 7.32. The van der Waals surface area contributed by atoms with E-state index >= 15 is 0 Å². The number of hydrogen-bond donors (Lipinski definition) is 0. The fourth-order valence-corrected chi connectivity index (χ4v) is 5.20. The number of fused-ring (bicyclic) bond motifs is 1. The molecule has 0 fully saturated rings. The Bertz CT molecular complexity index is 1200. The molecule has 30 heavy (non-hydrogen) atoms. The molecule has 0 N–H and O–H groups in total. The van der Waals surface area contributed by atoms with Gasteiger partial charge in [-0.25, -0.2) is 8.42 Å². The zero-order valence-corrected chi connectivity index (χ0v) is 17.9. The van der Waals surface area contributed by atoms with Gasteiger partial charge in [0.15, 0.2) is 0 Å². The summed E-state index contributed by atoms with van der Waals surface area (Å²) in [4.78, 5) is 15.1. The Labute approximate surface area is 177 Å². The van der Waals surface area contributed by atoms with Crippen molar-refractivity contribution < 1.29 is 13.2 Å². The largest absolute Gasteiger partial charge is 0.308 e. The SMILES string of the molecule is Cc1ccccc1N(C)S(=O)(=O)c1cccc(C(=O)N2CCCc3ccccc32)c1. The maximum absolute atomic E-state index is 13.3. The van der Waals surface area contributed by atoms with E-state index in [0.29, 0.717) is 17.8 Å². The van der Waals surface area contributed by atoms with Gasteiger partial charge >= 0.3 is 0 Å². The van der Waals surface area contributed by atoms with Crippen LogP contribution in [-0.4, -0.2) is 27.9 Å². The van der Waals surface area contributed by atoms with E-state index in [9.17, 15) is 13.2 Å². The molecule has 0 saturated heterocycles. The standard InChI is InChI=1S/C24H24N2O3S/c1-18-9-3-5-14-22(18)25(2)30(28,29)21-13-7-11-20(17-21)24(27)26-16-8-12-19-10-4-6-15-23(19)26/h3-7,9-11,13-15,17H,8,12,16H2,1-2H3. The van der Waals surface area contributed by atoms with Crippen LogP contribution in [0.2, 0.25) is 0 Å². The molecule has 0 bridgehead atoms. The number of sulfonamides is 1. The van der Waals surface area contributed by atoms with Crippen molar-refractivity contribution in [2.45, 2.75) is 24.7 Å². The molecule has 3 aromatic rings. The van der Waals surface area contributed by atoms with E-state index in [-0.39, 0.29) is 10.8 Å². The van der Waals surface area contributed by atoms with Crippen LogP contribution < -0.4 is 9.21 Å². The topological polar surface area (TPSA) is 57.7 Å². The summed E-state index contributed by atoms with van der Waals surface area (Å²) in [6, 6.07) is 21.5. The molecule has 0 radical (unpaired) electrons. The van der Waals surface area contributed by atoms with E-state index in [1.165, 1.54) is 23.5 Å². The van der Waals surface area contributed by atoms with Gasteiger partial charge in [0.25, 0.3) is 15.9 Å². The number of carbonyl (C=O) groups excluding carboxylic acids is 1. The summed E-state index contributed by atoms with van der Waals surface area (Å²) in [5, 5.41) is 0. The van der Waals surface area contributed by atoms with Gasteiger partial charge in [-0.3, -0.25) is 9.10 Å². The van der Waals surface area contributed by atoms with Crippen molar-refractivity contribution in [2.24, 2.45) is 0 Å². The average Bonchev–Trinajstić information content (AvgIpc) is 2.78. The van der Waals surface area contributed by atoms with Gasteiger partial charge in [0, 0.05) is 24.8 Å². The number of amides is 1. The minimum atomic E-state index is -3.80. The van der Waals surface area contributed by atoms with E-state index < -0.39 is 10.0 Å². The summed E-state index contributed by atoms with van der Waals surface area (Å²) in [6.07, 6.45) is 1.83. The summed E-state index contributed by atoms with van der Waals surface area (Å²) in [5.41, 5.74) is 3.88. The molecule has 4 rings (SSSR count). The number of rotatable bonds is 4. The Morgan fingerprint density at radius 1 is 0.967 bits per heavy atom. The summed E-state index contributed by atoms with van der Waals surface area (Å²) in [7, 11) is -2.26. The molecule has 0 aliphatic carbocycles. The molecule has 0 saturated carbocycles. The Kier molecular flexibility index (Phi) is 5.35. The smallest absolute Gasteiger partial charge is 0.264 e. The highest BCUT2D eigenvalue weighted by Crippen LogP contribution is 2.29. The number of carbonyl (C=O) groups is 1. The molecule has 154 valence electrons. The lowest BCUT2D eigenvalue weighted by atomic mass is 10.0. The van der Waals surface area contributed by atoms with Crippen LogP contribution in [0.5, 0.6) is 0 Å². The van der Waals surface area contributed by atoms with E-state index in [1.54, 1.807) is 23.1 Å². The molecule has 6 heteroatoms. The van der Waals surface area contributed by atoms with Gasteiger partial charge in [-0.2, -0.15) is 0 Å². The minimum Gasteiger partial charge on any atom is -0.308 e. The van der Waals surface area contributed by atoms with Crippen LogP contribution in [-0.2, 0) is 16.4 Å². The van der Waals surface area contributed by atoms with Gasteiger partial charge in [-0.1, -0.05) is 42.5 Å². The first-order valence-electron chi connectivity index (χ1n) is 9.94. The molecule has 0 spiro atoms. The van der Waals surface area contributed by atoms with Gasteiger partial charge in [-0.15, -0.1) is 0 Å². The molecule has 1 amide bonds. The van der Waals surface area contributed by atoms with Crippen molar-refractivity contribution in [1.29, 1.82) is 0 Å². The number of benzene rings is 3. The van der Waals surface area contributed by atoms with Crippen LogP contribution in [0.4, 0.5) is 11.4 Å². The lowest BCUT2D eigenvalue weighted by Gasteiger charge is -2.29. The van der Waals surface area contributed by atoms with Crippen molar-refractivity contribution in [3.63, 3.8) is 0 Å². The van der Waals surface area contributed by atoms with Gasteiger partial charge in [0.1, 0.15) is 0 Å². The lowest BCUT2D eigenvalue weighted by molar-refractivity contribution is 0.0985. The first-order valence-corrected chi connectivity index (χ1v) is 11.4. The van der Waals surface area contributed by atoms with Gasteiger partial charge in [0.2, 0.25) is 0 Å². The van der Waals surface area contributed by atoms with Crippen molar-refractivity contribution in [3.8, 4) is 0 Å². The number of anilines is 2. The summed E-state index contributed by atoms with van der Waals surface area (Å²) >= 11 is 0. The Morgan fingerprint density at radius 2 is 1.70 bits per heavy atom. The second kappa shape index (κ2) is 7.95. The minimum absolute atomic E-state index is 0.101. The fourth-order valence-electron chi connectivity index (χ4n) is 3.89. The summed E-state index contributed by atoms with van der Waals surface area (Å²) < 4.78 is 27.7. The van der Waals surface area contributed by atoms with E-state index in [2.05, 4.69) is 0 Å². The van der Waals surface area contributed by atoms with Crippen LogP contribution in [0.15, 0.2) is 77.7 Å². The van der Waals surface area contributed by atoms with Gasteiger partial charge < -0.3 is 4.90 Å². The number of hydrogen-bond acceptors (Lipinski definition) is 3. The van der Waals surface area contributed by atoms with Crippen LogP contribution in [0.1, 0.15) is 27.9 Å².